The summed E-state index contributed by atoms with van der Waals surface area (Å²) >= 11 is 0. The number of nitro groups is 1. The second kappa shape index (κ2) is 8.44. The smallest absolute Gasteiger partial charge is 0.305 e. The van der Waals surface area contributed by atoms with Crippen LogP contribution in [-0.4, -0.2) is 54.3 Å². The fourth-order valence-electron chi connectivity index (χ4n) is 2.91. The van der Waals surface area contributed by atoms with Crippen molar-refractivity contribution in [1.29, 1.82) is 0 Å². The zero-order valence-corrected chi connectivity index (χ0v) is 15.6. The van der Waals surface area contributed by atoms with Gasteiger partial charge in [-0.15, -0.1) is 0 Å². The second-order valence-corrected chi connectivity index (χ2v) is 8.23. The molecular formula is C16H21N3O7S. The summed E-state index contributed by atoms with van der Waals surface area (Å²) < 4.78 is 26.9. The Morgan fingerprint density at radius 1 is 1.33 bits per heavy atom. The molecule has 1 aromatic rings. The first-order valence-electron chi connectivity index (χ1n) is 8.37. The summed E-state index contributed by atoms with van der Waals surface area (Å²) in [6.07, 6.45) is 0.420. The van der Waals surface area contributed by atoms with Gasteiger partial charge >= 0.3 is 5.97 Å². The van der Waals surface area contributed by atoms with Gasteiger partial charge in [0.15, 0.2) is 0 Å². The molecule has 0 bridgehead atoms. The molecule has 1 saturated heterocycles. The van der Waals surface area contributed by atoms with Crippen molar-refractivity contribution in [3.63, 3.8) is 0 Å². The lowest BCUT2D eigenvalue weighted by Crippen LogP contribution is -2.43. The van der Waals surface area contributed by atoms with Gasteiger partial charge < -0.3 is 10.4 Å². The third-order valence-electron chi connectivity index (χ3n) is 4.46. The monoisotopic (exact) mass is 399 g/mol. The fraction of sp³-hybridized carbons (Fsp3) is 0.500. The van der Waals surface area contributed by atoms with Crippen LogP contribution in [-0.2, 0) is 19.6 Å². The van der Waals surface area contributed by atoms with E-state index in [4.69, 9.17) is 5.11 Å². The fourth-order valence-corrected chi connectivity index (χ4v) is 4.63. The molecule has 1 heterocycles. The van der Waals surface area contributed by atoms with Crippen molar-refractivity contribution in [3.05, 3.63) is 33.9 Å². The number of aliphatic carboxylic acids is 1. The van der Waals surface area contributed by atoms with E-state index >= 15 is 0 Å². The third-order valence-corrected chi connectivity index (χ3v) is 6.50. The SMILES string of the molecule is Cc1ccc([N+](=O)[O-])cc1S(=O)(=O)N1CCC(C(=O)NCCC(=O)O)CC1. The van der Waals surface area contributed by atoms with Gasteiger partial charge in [-0.25, -0.2) is 8.42 Å². The zero-order chi connectivity index (χ0) is 20.2. The summed E-state index contributed by atoms with van der Waals surface area (Å²) in [5.41, 5.74) is 0.112. The molecule has 0 radical (unpaired) electrons. The van der Waals surface area contributed by atoms with E-state index in [0.29, 0.717) is 18.4 Å². The van der Waals surface area contributed by atoms with Gasteiger partial charge in [-0.05, 0) is 25.3 Å². The van der Waals surface area contributed by atoms with Gasteiger partial charge in [-0.2, -0.15) is 4.31 Å². The highest BCUT2D eigenvalue weighted by molar-refractivity contribution is 7.89. The van der Waals surface area contributed by atoms with Crippen LogP contribution in [0.1, 0.15) is 24.8 Å². The standard InChI is InChI=1S/C16H21N3O7S/c1-11-2-3-13(19(23)24)10-14(11)27(25,26)18-8-5-12(6-9-18)16(22)17-7-4-15(20)21/h2-3,10,12H,4-9H2,1H3,(H,17,22)(H,20,21). The molecule has 1 aromatic carbocycles. The summed E-state index contributed by atoms with van der Waals surface area (Å²) in [6, 6.07) is 3.70. The Hall–Kier alpha value is -2.53. The largest absolute Gasteiger partial charge is 0.481 e. The minimum absolute atomic E-state index is 0.0273. The topological polar surface area (TPSA) is 147 Å². The molecule has 148 valence electrons. The Morgan fingerprint density at radius 3 is 2.52 bits per heavy atom. The van der Waals surface area contributed by atoms with Crippen LogP contribution in [0.2, 0.25) is 0 Å². The van der Waals surface area contributed by atoms with E-state index in [1.165, 1.54) is 16.4 Å². The van der Waals surface area contributed by atoms with Crippen LogP contribution in [0.5, 0.6) is 0 Å². The van der Waals surface area contributed by atoms with Crippen molar-refractivity contribution in [3.8, 4) is 0 Å². The number of sulfonamides is 1. The molecule has 1 aliphatic heterocycles. The Bertz CT molecular complexity index is 846. The Morgan fingerprint density at radius 2 is 1.96 bits per heavy atom. The average molecular weight is 399 g/mol. The number of hydrogen-bond donors (Lipinski definition) is 2. The maximum atomic E-state index is 12.8. The number of amides is 1. The summed E-state index contributed by atoms with van der Waals surface area (Å²) in [6.45, 7) is 1.82. The molecule has 1 fully saturated rings. The van der Waals surface area contributed by atoms with Crippen molar-refractivity contribution in [1.82, 2.24) is 9.62 Å². The number of benzene rings is 1. The number of carboxylic acid groups (broad SMARTS) is 1. The molecule has 0 saturated carbocycles. The van der Waals surface area contributed by atoms with Crippen molar-refractivity contribution >= 4 is 27.6 Å². The van der Waals surface area contributed by atoms with Crippen LogP contribution >= 0.6 is 0 Å². The van der Waals surface area contributed by atoms with Gasteiger partial charge in [0, 0.05) is 37.7 Å². The highest BCUT2D eigenvalue weighted by Gasteiger charge is 2.33. The maximum absolute atomic E-state index is 12.8. The number of piperidine rings is 1. The van der Waals surface area contributed by atoms with Crippen LogP contribution in [0, 0.1) is 23.0 Å². The van der Waals surface area contributed by atoms with E-state index in [9.17, 15) is 28.1 Å². The van der Waals surface area contributed by atoms with E-state index in [2.05, 4.69) is 5.32 Å². The van der Waals surface area contributed by atoms with Gasteiger partial charge in [0.05, 0.1) is 16.2 Å². The van der Waals surface area contributed by atoms with Crippen LogP contribution in [0.3, 0.4) is 0 Å². The zero-order valence-electron chi connectivity index (χ0n) is 14.8. The van der Waals surface area contributed by atoms with Crippen molar-refractivity contribution in [2.45, 2.75) is 31.1 Å². The molecule has 11 heteroatoms. The molecule has 2 rings (SSSR count). The van der Waals surface area contributed by atoms with E-state index in [0.717, 1.165) is 6.07 Å². The van der Waals surface area contributed by atoms with Gasteiger partial charge in [-0.3, -0.25) is 19.7 Å². The molecule has 0 spiro atoms. The minimum Gasteiger partial charge on any atom is -0.481 e. The number of carbonyl (C=O) groups is 2. The van der Waals surface area contributed by atoms with Gasteiger partial charge in [0.2, 0.25) is 15.9 Å². The van der Waals surface area contributed by atoms with Crippen molar-refractivity contribution in [2.24, 2.45) is 5.92 Å². The number of nitrogens with zero attached hydrogens (tertiary/aromatic N) is 2. The second-order valence-electron chi connectivity index (χ2n) is 6.32. The number of nitro benzene ring substituents is 1. The summed E-state index contributed by atoms with van der Waals surface area (Å²) in [4.78, 5) is 32.7. The lowest BCUT2D eigenvalue weighted by Gasteiger charge is -2.30. The minimum atomic E-state index is -3.91. The van der Waals surface area contributed by atoms with Gasteiger partial charge in [0.25, 0.3) is 5.69 Å². The first-order chi connectivity index (χ1) is 12.6. The van der Waals surface area contributed by atoms with Gasteiger partial charge in [0.1, 0.15) is 0 Å². The molecular weight excluding hydrogens is 378 g/mol. The number of non-ortho nitro benzene ring substituents is 1. The van der Waals surface area contributed by atoms with Crippen LogP contribution in [0.15, 0.2) is 23.1 Å². The quantitative estimate of drug-likeness (QED) is 0.511. The molecule has 27 heavy (non-hydrogen) atoms. The van der Waals surface area contributed by atoms with E-state index in [-0.39, 0.29) is 42.5 Å². The number of carboxylic acids is 1. The van der Waals surface area contributed by atoms with E-state index < -0.39 is 26.8 Å². The molecule has 0 aromatic heterocycles. The molecule has 0 unspecified atom stereocenters. The number of nitrogens with one attached hydrogen (secondary N) is 1. The number of hydrogen-bond acceptors (Lipinski definition) is 6. The normalized spacial score (nSPS) is 16.0. The Labute approximate surface area is 156 Å². The van der Waals surface area contributed by atoms with Gasteiger partial charge in [-0.1, -0.05) is 6.07 Å². The summed E-state index contributed by atoms with van der Waals surface area (Å²) in [5.74, 6) is -1.69. The summed E-state index contributed by atoms with van der Waals surface area (Å²) in [7, 11) is -3.91. The lowest BCUT2D eigenvalue weighted by molar-refractivity contribution is -0.385. The average Bonchev–Trinajstić information content (AvgIpc) is 2.61. The molecule has 1 amide bonds. The third kappa shape index (κ3) is 5.01. The molecule has 1 aliphatic rings. The molecule has 0 atom stereocenters. The molecule has 10 nitrogen and oxygen atoms in total. The number of aryl methyl sites for hydroxylation is 1. The highest BCUT2D eigenvalue weighted by atomic mass is 32.2. The lowest BCUT2D eigenvalue weighted by atomic mass is 9.97. The number of carbonyl (C=O) groups excluding carboxylic acids is 1. The highest BCUT2D eigenvalue weighted by Crippen LogP contribution is 2.28. The molecule has 0 aliphatic carbocycles. The Kier molecular flexibility index (Phi) is 6.50. The predicted molar refractivity (Wildman–Crippen MR) is 94.6 cm³/mol. The van der Waals surface area contributed by atoms with Crippen LogP contribution in [0.25, 0.3) is 0 Å². The Balaban J connectivity index is 2.04. The van der Waals surface area contributed by atoms with Crippen molar-refractivity contribution in [2.75, 3.05) is 19.6 Å². The van der Waals surface area contributed by atoms with E-state index in [1.54, 1.807) is 6.92 Å². The first kappa shape index (κ1) is 20.8. The maximum Gasteiger partial charge on any atom is 0.305 e. The van der Waals surface area contributed by atoms with E-state index in [1.807, 2.05) is 0 Å². The summed E-state index contributed by atoms with van der Waals surface area (Å²) in [5, 5.41) is 22.0. The van der Waals surface area contributed by atoms with Crippen LogP contribution in [0.4, 0.5) is 5.69 Å². The first-order valence-corrected chi connectivity index (χ1v) is 9.81. The van der Waals surface area contributed by atoms with Crippen LogP contribution < -0.4 is 5.32 Å². The van der Waals surface area contributed by atoms with Crippen molar-refractivity contribution < 1.29 is 28.0 Å². The molecule has 2 N–H and O–H groups in total. The number of rotatable bonds is 7. The predicted octanol–water partition coefficient (Wildman–Crippen LogP) is 0.895.